The van der Waals surface area contributed by atoms with Gasteiger partial charge in [0.15, 0.2) is 0 Å². The van der Waals surface area contributed by atoms with Crippen LogP contribution in [-0.4, -0.2) is 42.5 Å². The Labute approximate surface area is 169 Å². The van der Waals surface area contributed by atoms with Gasteiger partial charge in [-0.25, -0.2) is 4.98 Å². The molecule has 6 heteroatoms. The lowest BCUT2D eigenvalue weighted by Gasteiger charge is -2.37. The Morgan fingerprint density at radius 3 is 2.89 bits per heavy atom. The summed E-state index contributed by atoms with van der Waals surface area (Å²) < 4.78 is 5.54. The number of rotatable bonds is 4. The molecule has 1 fully saturated rings. The molecule has 2 aromatic carbocycles. The van der Waals surface area contributed by atoms with E-state index in [4.69, 9.17) is 4.74 Å². The summed E-state index contributed by atoms with van der Waals surface area (Å²) in [5.74, 6) is 0.841. The molecule has 0 radical (unpaired) electrons. The fourth-order valence-electron chi connectivity index (χ4n) is 3.60. The Morgan fingerprint density at radius 1 is 1.25 bits per heavy atom. The van der Waals surface area contributed by atoms with Crippen molar-refractivity contribution in [1.82, 2.24) is 15.2 Å². The molecular formula is C22H23N3O2S. The molecule has 0 spiro atoms. The minimum Gasteiger partial charge on any atom is -0.496 e. The van der Waals surface area contributed by atoms with Crippen LogP contribution < -0.4 is 10.1 Å². The van der Waals surface area contributed by atoms with Crippen LogP contribution in [0.15, 0.2) is 53.9 Å². The molecule has 1 aromatic heterocycles. The van der Waals surface area contributed by atoms with Crippen LogP contribution in [0.4, 0.5) is 0 Å². The maximum absolute atomic E-state index is 13.4. The van der Waals surface area contributed by atoms with Crippen LogP contribution in [0.5, 0.6) is 5.75 Å². The van der Waals surface area contributed by atoms with Gasteiger partial charge in [0, 0.05) is 47.4 Å². The molecule has 28 heavy (non-hydrogen) atoms. The van der Waals surface area contributed by atoms with Gasteiger partial charge < -0.3 is 15.0 Å². The monoisotopic (exact) mass is 393 g/mol. The van der Waals surface area contributed by atoms with Gasteiger partial charge in [-0.05, 0) is 25.1 Å². The summed E-state index contributed by atoms with van der Waals surface area (Å²) in [5, 5.41) is 6.37. The van der Waals surface area contributed by atoms with Crippen molar-refractivity contribution in [1.29, 1.82) is 0 Å². The fourth-order valence-corrected chi connectivity index (χ4v) is 4.40. The van der Waals surface area contributed by atoms with E-state index in [1.54, 1.807) is 18.4 Å². The van der Waals surface area contributed by atoms with Gasteiger partial charge in [-0.15, -0.1) is 11.3 Å². The Balaban J connectivity index is 1.66. The Hall–Kier alpha value is -2.70. The number of ether oxygens (including phenoxy) is 1. The molecule has 1 aliphatic heterocycles. The van der Waals surface area contributed by atoms with Gasteiger partial charge in [0.2, 0.25) is 0 Å². The number of methoxy groups -OCH3 is 1. The third-order valence-electron chi connectivity index (χ3n) is 4.98. The van der Waals surface area contributed by atoms with E-state index >= 15 is 0 Å². The molecule has 3 aromatic rings. The minimum absolute atomic E-state index is 0.0348. The van der Waals surface area contributed by atoms with Crippen molar-refractivity contribution < 1.29 is 9.53 Å². The van der Waals surface area contributed by atoms with Crippen LogP contribution in [0.25, 0.3) is 10.6 Å². The second-order valence-corrected chi connectivity index (χ2v) is 7.69. The van der Waals surface area contributed by atoms with E-state index < -0.39 is 0 Å². The molecular weight excluding hydrogens is 370 g/mol. The first kappa shape index (κ1) is 18.7. The summed E-state index contributed by atoms with van der Waals surface area (Å²) in [4.78, 5) is 19.9. The SMILES string of the molecule is COc1ccccc1C1CNCCN1C(=O)c1cccc(-c2nc(C)cs2)c1. The smallest absolute Gasteiger partial charge is 0.254 e. The highest BCUT2D eigenvalue weighted by atomic mass is 32.1. The number of benzene rings is 2. The fraction of sp³-hybridized carbons (Fsp3) is 0.273. The van der Waals surface area contributed by atoms with Crippen molar-refractivity contribution in [2.45, 2.75) is 13.0 Å². The highest BCUT2D eigenvalue weighted by Gasteiger charge is 2.30. The molecule has 5 nitrogen and oxygen atoms in total. The third kappa shape index (κ3) is 3.66. The average Bonchev–Trinajstić information content (AvgIpc) is 3.19. The van der Waals surface area contributed by atoms with Crippen LogP contribution in [0.1, 0.15) is 27.7 Å². The lowest BCUT2D eigenvalue weighted by molar-refractivity contribution is 0.0631. The average molecular weight is 394 g/mol. The molecule has 1 atom stereocenters. The maximum atomic E-state index is 13.4. The highest BCUT2D eigenvalue weighted by molar-refractivity contribution is 7.13. The Morgan fingerprint density at radius 2 is 2.11 bits per heavy atom. The van der Waals surface area contributed by atoms with Gasteiger partial charge in [0.25, 0.3) is 5.91 Å². The first-order chi connectivity index (χ1) is 13.7. The third-order valence-corrected chi connectivity index (χ3v) is 5.99. The van der Waals surface area contributed by atoms with Crippen molar-refractivity contribution in [3.05, 3.63) is 70.7 Å². The van der Waals surface area contributed by atoms with Crippen molar-refractivity contribution in [3.8, 4) is 16.3 Å². The summed E-state index contributed by atoms with van der Waals surface area (Å²) >= 11 is 1.60. The maximum Gasteiger partial charge on any atom is 0.254 e. The number of aryl methyl sites for hydroxylation is 1. The number of carbonyl (C=O) groups excluding carboxylic acids is 1. The minimum atomic E-state index is -0.0665. The molecule has 1 amide bonds. The number of aromatic nitrogens is 1. The van der Waals surface area contributed by atoms with Crippen molar-refractivity contribution in [2.75, 3.05) is 26.7 Å². The second kappa shape index (κ2) is 8.12. The van der Waals surface area contributed by atoms with E-state index in [1.165, 1.54) is 0 Å². The van der Waals surface area contributed by atoms with E-state index in [0.717, 1.165) is 34.1 Å². The van der Waals surface area contributed by atoms with Crippen LogP contribution in [-0.2, 0) is 0 Å². The summed E-state index contributed by atoms with van der Waals surface area (Å²) in [7, 11) is 1.67. The van der Waals surface area contributed by atoms with Crippen LogP contribution in [0.3, 0.4) is 0 Å². The predicted octanol–water partition coefficient (Wildman–Crippen LogP) is 3.91. The van der Waals surface area contributed by atoms with Gasteiger partial charge >= 0.3 is 0 Å². The van der Waals surface area contributed by atoms with Crippen molar-refractivity contribution >= 4 is 17.2 Å². The molecule has 2 heterocycles. The topological polar surface area (TPSA) is 54.5 Å². The van der Waals surface area contributed by atoms with Crippen molar-refractivity contribution in [2.24, 2.45) is 0 Å². The lowest BCUT2D eigenvalue weighted by atomic mass is 10.0. The summed E-state index contributed by atoms with van der Waals surface area (Å²) in [6, 6.07) is 15.6. The number of piperazine rings is 1. The van der Waals surface area contributed by atoms with Gasteiger partial charge in [0.05, 0.1) is 13.2 Å². The largest absolute Gasteiger partial charge is 0.496 e. The number of nitrogens with zero attached hydrogens (tertiary/aromatic N) is 2. The number of para-hydroxylation sites is 1. The number of hydrogen-bond donors (Lipinski definition) is 1. The molecule has 4 rings (SSSR count). The summed E-state index contributed by atoms with van der Waals surface area (Å²) in [5.41, 5.74) is 3.69. The molecule has 1 N–H and O–H groups in total. The molecule has 144 valence electrons. The Kier molecular flexibility index (Phi) is 5.41. The molecule has 0 aliphatic carbocycles. The zero-order valence-electron chi connectivity index (χ0n) is 16.0. The van der Waals surface area contributed by atoms with Crippen molar-refractivity contribution in [3.63, 3.8) is 0 Å². The van der Waals surface area contributed by atoms with E-state index in [0.29, 0.717) is 18.7 Å². The first-order valence-electron chi connectivity index (χ1n) is 9.34. The van der Waals surface area contributed by atoms with Crippen LogP contribution >= 0.6 is 11.3 Å². The van der Waals surface area contributed by atoms with Gasteiger partial charge in [-0.3, -0.25) is 4.79 Å². The van der Waals surface area contributed by atoms with Gasteiger partial charge in [0.1, 0.15) is 10.8 Å². The van der Waals surface area contributed by atoms with E-state index in [9.17, 15) is 4.79 Å². The summed E-state index contributed by atoms with van der Waals surface area (Å²) in [6.07, 6.45) is 0. The normalized spacial score (nSPS) is 16.8. The number of nitrogens with one attached hydrogen (secondary N) is 1. The number of amides is 1. The molecule has 0 bridgehead atoms. The zero-order valence-corrected chi connectivity index (χ0v) is 16.8. The molecule has 1 unspecified atom stereocenters. The zero-order chi connectivity index (χ0) is 19.5. The molecule has 1 aliphatic rings. The number of hydrogen-bond acceptors (Lipinski definition) is 5. The molecule has 1 saturated heterocycles. The van der Waals surface area contributed by atoms with Gasteiger partial charge in [-0.2, -0.15) is 0 Å². The first-order valence-corrected chi connectivity index (χ1v) is 10.2. The van der Waals surface area contributed by atoms with Gasteiger partial charge in [-0.1, -0.05) is 30.3 Å². The van der Waals surface area contributed by atoms with E-state index in [-0.39, 0.29) is 11.9 Å². The second-order valence-electron chi connectivity index (χ2n) is 6.84. The highest BCUT2D eigenvalue weighted by Crippen LogP contribution is 2.32. The summed E-state index contributed by atoms with van der Waals surface area (Å²) in [6.45, 7) is 4.12. The van der Waals surface area contributed by atoms with E-state index in [1.807, 2.05) is 65.7 Å². The number of thiazole rings is 1. The van der Waals surface area contributed by atoms with Crippen LogP contribution in [0, 0.1) is 6.92 Å². The molecule has 0 saturated carbocycles. The van der Waals surface area contributed by atoms with E-state index in [2.05, 4.69) is 10.3 Å². The lowest BCUT2D eigenvalue weighted by Crippen LogP contribution is -2.48. The number of carbonyl (C=O) groups is 1. The predicted molar refractivity (Wildman–Crippen MR) is 112 cm³/mol. The standard InChI is InChI=1S/C22H23N3O2S/c1-15-14-28-21(24-15)16-6-5-7-17(12-16)22(26)25-11-10-23-13-19(25)18-8-3-4-9-20(18)27-2/h3-9,12,14,19,23H,10-11,13H2,1-2H3. The van der Waals surface area contributed by atoms with Crippen LogP contribution in [0.2, 0.25) is 0 Å². The quantitative estimate of drug-likeness (QED) is 0.730. The Bertz CT molecular complexity index is 985.